The number of anilines is 1. The van der Waals surface area contributed by atoms with Gasteiger partial charge >= 0.3 is 0 Å². The maximum Gasteiger partial charge on any atom is 0.242 e. The zero-order chi connectivity index (χ0) is 27.0. The topological polar surface area (TPSA) is 86.8 Å². The van der Waals surface area contributed by atoms with Crippen molar-refractivity contribution >= 4 is 39.1 Å². The predicted molar refractivity (Wildman–Crippen MR) is 147 cm³/mol. The van der Waals surface area contributed by atoms with Crippen LogP contribution in [0.3, 0.4) is 0 Å². The second kappa shape index (κ2) is 13.1. The zero-order valence-electron chi connectivity index (χ0n) is 22.0. The third kappa shape index (κ3) is 8.82. The molecule has 0 saturated heterocycles. The fourth-order valence-corrected chi connectivity index (χ4v) is 4.93. The second-order valence-corrected chi connectivity index (χ2v) is 12.0. The Morgan fingerprint density at radius 2 is 1.67 bits per heavy atom. The Bertz CT molecular complexity index is 1150. The number of aryl methyl sites for hydroxylation is 2. The second-order valence-electron chi connectivity index (χ2n) is 9.69. The summed E-state index contributed by atoms with van der Waals surface area (Å²) in [6, 6.07) is 12.1. The lowest BCUT2D eigenvalue weighted by Crippen LogP contribution is -2.48. The fourth-order valence-electron chi connectivity index (χ4n) is 3.79. The average Bonchev–Trinajstić information content (AvgIpc) is 2.80. The molecule has 9 heteroatoms. The molecule has 36 heavy (non-hydrogen) atoms. The fraction of sp³-hybridized carbons (Fsp3) is 0.481. The van der Waals surface area contributed by atoms with Gasteiger partial charge in [-0.15, -0.1) is 0 Å². The van der Waals surface area contributed by atoms with Crippen molar-refractivity contribution in [2.45, 2.75) is 60.0 Å². The van der Waals surface area contributed by atoms with Crippen molar-refractivity contribution in [1.82, 2.24) is 10.2 Å². The summed E-state index contributed by atoms with van der Waals surface area (Å²) in [4.78, 5) is 27.7. The molecule has 0 aromatic heterocycles. The van der Waals surface area contributed by atoms with Crippen LogP contribution in [0.4, 0.5) is 5.69 Å². The number of nitrogens with zero attached hydrogens (tertiary/aromatic N) is 2. The Labute approximate surface area is 220 Å². The summed E-state index contributed by atoms with van der Waals surface area (Å²) in [6.07, 6.45) is 1.59. The summed E-state index contributed by atoms with van der Waals surface area (Å²) in [5.41, 5.74) is 3.27. The highest BCUT2D eigenvalue weighted by atomic mass is 35.5. The summed E-state index contributed by atoms with van der Waals surface area (Å²) in [7, 11) is -3.54. The van der Waals surface area contributed by atoms with E-state index in [1.165, 1.54) is 10.6 Å². The summed E-state index contributed by atoms with van der Waals surface area (Å²) < 4.78 is 26.5. The lowest BCUT2D eigenvalue weighted by Gasteiger charge is -2.30. The lowest BCUT2D eigenvalue weighted by atomic mass is 10.1. The van der Waals surface area contributed by atoms with Crippen LogP contribution in [0, 0.1) is 19.8 Å². The molecule has 7 nitrogen and oxygen atoms in total. The van der Waals surface area contributed by atoms with Gasteiger partial charge in [-0.2, -0.15) is 0 Å². The zero-order valence-corrected chi connectivity index (χ0v) is 23.6. The van der Waals surface area contributed by atoms with Crippen LogP contribution in [0.15, 0.2) is 42.5 Å². The van der Waals surface area contributed by atoms with Crippen LogP contribution >= 0.6 is 11.6 Å². The van der Waals surface area contributed by atoms with E-state index in [1.54, 1.807) is 24.0 Å². The number of carbonyl (C=O) groups excluding carboxylic acids is 2. The number of hydrogen-bond donors (Lipinski definition) is 1. The number of halogens is 1. The molecule has 0 spiro atoms. The molecule has 0 unspecified atom stereocenters. The van der Waals surface area contributed by atoms with E-state index in [2.05, 4.69) is 5.32 Å². The third-order valence-corrected chi connectivity index (χ3v) is 7.34. The minimum Gasteiger partial charge on any atom is -0.354 e. The van der Waals surface area contributed by atoms with Gasteiger partial charge in [0.15, 0.2) is 0 Å². The van der Waals surface area contributed by atoms with E-state index in [4.69, 9.17) is 11.6 Å². The number of amides is 2. The largest absolute Gasteiger partial charge is 0.354 e. The molecule has 0 saturated carbocycles. The van der Waals surface area contributed by atoms with Gasteiger partial charge in [-0.25, -0.2) is 8.42 Å². The van der Waals surface area contributed by atoms with Gasteiger partial charge in [0, 0.05) is 31.1 Å². The van der Waals surface area contributed by atoms with Gasteiger partial charge in [0.2, 0.25) is 21.8 Å². The van der Waals surface area contributed by atoms with Crippen molar-refractivity contribution in [2.75, 3.05) is 23.7 Å². The van der Waals surface area contributed by atoms with Crippen molar-refractivity contribution in [2.24, 2.45) is 5.92 Å². The van der Waals surface area contributed by atoms with Crippen LogP contribution in [-0.2, 0) is 26.2 Å². The molecule has 0 bridgehead atoms. The SMILES string of the molecule is Cc1ccc(C)c(N(CCCC(=O)N(Cc2ccc(Cl)cc2)[C@H](C)C(=O)NCC(C)C)S(C)(=O)=O)c1. The highest BCUT2D eigenvalue weighted by Gasteiger charge is 2.27. The van der Waals surface area contributed by atoms with Gasteiger partial charge in [0.25, 0.3) is 0 Å². The van der Waals surface area contributed by atoms with Crippen molar-refractivity contribution in [3.05, 3.63) is 64.2 Å². The van der Waals surface area contributed by atoms with E-state index in [0.717, 1.165) is 16.7 Å². The van der Waals surface area contributed by atoms with Gasteiger partial charge in [-0.05, 0) is 68.0 Å². The molecule has 0 aliphatic heterocycles. The Balaban J connectivity index is 2.18. The van der Waals surface area contributed by atoms with Gasteiger partial charge < -0.3 is 10.2 Å². The van der Waals surface area contributed by atoms with Crippen LogP contribution in [0.1, 0.15) is 50.3 Å². The van der Waals surface area contributed by atoms with Gasteiger partial charge in [0.05, 0.1) is 11.9 Å². The van der Waals surface area contributed by atoms with Crippen LogP contribution in [0.25, 0.3) is 0 Å². The molecule has 1 N–H and O–H groups in total. The number of hydrogen-bond acceptors (Lipinski definition) is 4. The molecule has 2 aromatic carbocycles. The number of benzene rings is 2. The van der Waals surface area contributed by atoms with Crippen LogP contribution in [-0.4, -0.2) is 50.5 Å². The van der Waals surface area contributed by atoms with Crippen molar-refractivity contribution in [3.63, 3.8) is 0 Å². The quantitative estimate of drug-likeness (QED) is 0.427. The molecule has 2 amide bonds. The lowest BCUT2D eigenvalue weighted by molar-refractivity contribution is -0.140. The summed E-state index contributed by atoms with van der Waals surface area (Å²) >= 11 is 6.00. The molecular formula is C27H38ClN3O4S. The van der Waals surface area contributed by atoms with Gasteiger partial charge in [0.1, 0.15) is 6.04 Å². The molecule has 0 heterocycles. The van der Waals surface area contributed by atoms with Gasteiger partial charge in [-0.3, -0.25) is 13.9 Å². The molecule has 2 aromatic rings. The van der Waals surface area contributed by atoms with Crippen LogP contribution in [0.5, 0.6) is 0 Å². The van der Waals surface area contributed by atoms with E-state index in [-0.39, 0.29) is 37.2 Å². The smallest absolute Gasteiger partial charge is 0.242 e. The molecule has 0 aliphatic carbocycles. The first kappa shape index (κ1) is 29.6. The molecule has 198 valence electrons. The van der Waals surface area contributed by atoms with E-state index >= 15 is 0 Å². The van der Waals surface area contributed by atoms with Crippen molar-refractivity contribution in [3.8, 4) is 0 Å². The molecule has 0 aliphatic rings. The summed E-state index contributed by atoms with van der Waals surface area (Å²) in [5, 5.41) is 3.49. The first-order valence-electron chi connectivity index (χ1n) is 12.2. The monoisotopic (exact) mass is 535 g/mol. The Morgan fingerprint density at radius 3 is 2.25 bits per heavy atom. The molecule has 0 fully saturated rings. The predicted octanol–water partition coefficient (Wildman–Crippen LogP) is 4.69. The maximum absolute atomic E-state index is 13.3. The first-order valence-corrected chi connectivity index (χ1v) is 14.4. The van der Waals surface area contributed by atoms with Crippen molar-refractivity contribution in [1.29, 1.82) is 0 Å². The molecular weight excluding hydrogens is 498 g/mol. The van der Waals surface area contributed by atoms with Crippen molar-refractivity contribution < 1.29 is 18.0 Å². The first-order chi connectivity index (χ1) is 16.8. The minimum atomic E-state index is -3.54. The number of rotatable bonds is 12. The summed E-state index contributed by atoms with van der Waals surface area (Å²) in [5.74, 6) is -0.153. The number of sulfonamides is 1. The van der Waals surface area contributed by atoms with E-state index in [0.29, 0.717) is 23.7 Å². The normalized spacial score (nSPS) is 12.3. The van der Waals surface area contributed by atoms with Gasteiger partial charge in [-0.1, -0.05) is 49.7 Å². The van der Waals surface area contributed by atoms with Crippen LogP contribution in [0.2, 0.25) is 5.02 Å². The van der Waals surface area contributed by atoms with E-state index in [9.17, 15) is 18.0 Å². The number of carbonyl (C=O) groups is 2. The Hall–Kier alpha value is -2.58. The number of nitrogens with one attached hydrogen (secondary N) is 1. The molecule has 1 atom stereocenters. The minimum absolute atomic E-state index is 0.103. The Kier molecular flexibility index (Phi) is 10.8. The van der Waals surface area contributed by atoms with E-state index < -0.39 is 16.1 Å². The standard InChI is InChI=1S/C27H38ClN3O4S/c1-19(2)17-29-27(33)22(5)30(18-23-11-13-24(28)14-12-23)26(32)8-7-15-31(36(6,34)35)25-16-20(3)9-10-21(25)4/h9-14,16,19,22H,7-8,15,17-18H2,1-6H3,(H,29,33)/t22-/m1/s1. The maximum atomic E-state index is 13.3. The average molecular weight is 536 g/mol. The van der Waals surface area contributed by atoms with Crippen LogP contribution < -0.4 is 9.62 Å². The Morgan fingerprint density at radius 1 is 1.03 bits per heavy atom. The highest BCUT2D eigenvalue weighted by molar-refractivity contribution is 7.92. The summed E-state index contributed by atoms with van der Waals surface area (Å²) in [6.45, 7) is 10.4. The highest BCUT2D eigenvalue weighted by Crippen LogP contribution is 2.25. The molecule has 0 radical (unpaired) electrons. The van der Waals surface area contributed by atoms with E-state index in [1.807, 2.05) is 58.0 Å². The third-order valence-electron chi connectivity index (χ3n) is 5.90. The molecule has 2 rings (SSSR count).